The third-order valence-electron chi connectivity index (χ3n) is 4.44. The monoisotopic (exact) mass is 314 g/mol. The van der Waals surface area contributed by atoms with E-state index in [4.69, 9.17) is 6.42 Å². The number of thiophene rings is 1. The number of benzene rings is 2. The van der Waals surface area contributed by atoms with Crippen LogP contribution in [-0.4, -0.2) is 5.78 Å². The van der Waals surface area contributed by atoms with E-state index in [1.54, 1.807) is 11.3 Å². The summed E-state index contributed by atoms with van der Waals surface area (Å²) in [5.74, 6) is 3.01. The van der Waals surface area contributed by atoms with Gasteiger partial charge in [-0.15, -0.1) is 17.8 Å². The molecule has 2 aromatic carbocycles. The van der Waals surface area contributed by atoms with Crippen molar-refractivity contribution >= 4 is 17.1 Å². The molecular formula is C21H14OS. The second-order valence-electron chi connectivity index (χ2n) is 5.64. The van der Waals surface area contributed by atoms with E-state index in [1.165, 1.54) is 0 Å². The molecule has 23 heavy (non-hydrogen) atoms. The molecule has 0 amide bonds. The number of terminal acetylenes is 1. The predicted molar refractivity (Wildman–Crippen MR) is 94.1 cm³/mol. The molecular weight excluding hydrogens is 300 g/mol. The lowest BCUT2D eigenvalue weighted by molar-refractivity contribution is 0.103. The molecule has 1 heterocycles. The SMILES string of the molecule is C#CC(c1cccs1)C1c2ccccc2C(=O)c2ccccc21. The topological polar surface area (TPSA) is 17.1 Å². The van der Waals surface area contributed by atoms with Crippen LogP contribution in [0.15, 0.2) is 66.0 Å². The van der Waals surface area contributed by atoms with Gasteiger partial charge in [0.1, 0.15) is 0 Å². The third-order valence-corrected chi connectivity index (χ3v) is 5.40. The zero-order valence-corrected chi connectivity index (χ0v) is 13.2. The number of rotatable bonds is 2. The molecule has 0 N–H and O–H groups in total. The minimum absolute atomic E-state index is 0.0174. The van der Waals surface area contributed by atoms with Gasteiger partial charge in [0.05, 0.1) is 5.92 Å². The van der Waals surface area contributed by atoms with Gasteiger partial charge in [0.25, 0.3) is 0 Å². The van der Waals surface area contributed by atoms with Crippen LogP contribution in [0, 0.1) is 12.3 Å². The fourth-order valence-corrected chi connectivity index (χ4v) is 4.25. The number of carbonyl (C=O) groups excluding carboxylic acids is 1. The van der Waals surface area contributed by atoms with Gasteiger partial charge in [-0.25, -0.2) is 0 Å². The van der Waals surface area contributed by atoms with Crippen LogP contribution >= 0.6 is 11.3 Å². The summed E-state index contributed by atoms with van der Waals surface area (Å²) in [7, 11) is 0. The van der Waals surface area contributed by atoms with Crippen LogP contribution in [-0.2, 0) is 0 Å². The fraction of sp³-hybridized carbons (Fsp3) is 0.0952. The van der Waals surface area contributed by atoms with Crippen molar-refractivity contribution in [2.24, 2.45) is 0 Å². The Labute approximate surface area is 139 Å². The second kappa shape index (κ2) is 5.53. The van der Waals surface area contributed by atoms with Gasteiger partial charge in [-0.2, -0.15) is 0 Å². The lowest BCUT2D eigenvalue weighted by atomic mass is 9.71. The number of carbonyl (C=O) groups is 1. The Morgan fingerprint density at radius 2 is 1.52 bits per heavy atom. The standard InChI is InChI=1S/C21H14OS/c1-2-14(19-12-7-13-23-19)20-15-8-3-5-10-17(15)21(22)18-11-6-4-9-16(18)20/h1,3-14,20H. The first-order valence-corrected chi connectivity index (χ1v) is 8.41. The largest absolute Gasteiger partial charge is 0.289 e. The first-order valence-electron chi connectivity index (χ1n) is 7.53. The van der Waals surface area contributed by atoms with Crippen LogP contribution < -0.4 is 0 Å². The normalized spacial score (nSPS) is 14.7. The van der Waals surface area contributed by atoms with E-state index in [9.17, 15) is 4.79 Å². The van der Waals surface area contributed by atoms with E-state index >= 15 is 0 Å². The van der Waals surface area contributed by atoms with E-state index in [0.29, 0.717) is 0 Å². The molecule has 1 atom stereocenters. The maximum atomic E-state index is 12.8. The van der Waals surface area contributed by atoms with Crippen molar-refractivity contribution in [2.45, 2.75) is 11.8 Å². The highest BCUT2D eigenvalue weighted by Gasteiger charge is 2.35. The molecule has 1 aliphatic rings. The molecule has 0 bridgehead atoms. The summed E-state index contributed by atoms with van der Waals surface area (Å²) in [6.45, 7) is 0. The Bertz CT molecular complexity index is 866. The first-order chi connectivity index (χ1) is 11.3. The van der Waals surface area contributed by atoms with Gasteiger partial charge in [0.2, 0.25) is 0 Å². The molecule has 4 rings (SSSR count). The summed E-state index contributed by atoms with van der Waals surface area (Å²) in [5, 5.41) is 2.05. The van der Waals surface area contributed by atoms with Crippen molar-refractivity contribution in [1.29, 1.82) is 0 Å². The van der Waals surface area contributed by atoms with Crippen LogP contribution in [0.25, 0.3) is 0 Å². The number of ketones is 1. The zero-order chi connectivity index (χ0) is 15.8. The molecule has 1 aliphatic carbocycles. The number of fused-ring (bicyclic) bond motifs is 2. The summed E-state index contributed by atoms with van der Waals surface area (Å²) in [4.78, 5) is 14.0. The highest BCUT2D eigenvalue weighted by Crippen LogP contribution is 2.45. The average Bonchev–Trinajstić information content (AvgIpc) is 3.13. The number of hydrogen-bond acceptors (Lipinski definition) is 2. The van der Waals surface area contributed by atoms with Crippen LogP contribution in [0.5, 0.6) is 0 Å². The van der Waals surface area contributed by atoms with Crippen molar-refractivity contribution < 1.29 is 4.79 Å². The van der Waals surface area contributed by atoms with Crippen molar-refractivity contribution in [3.63, 3.8) is 0 Å². The highest BCUT2D eigenvalue weighted by atomic mass is 32.1. The predicted octanol–water partition coefficient (Wildman–Crippen LogP) is 4.84. The average molecular weight is 314 g/mol. The van der Waals surface area contributed by atoms with E-state index in [1.807, 2.05) is 60.0 Å². The minimum Gasteiger partial charge on any atom is -0.289 e. The molecule has 0 saturated carbocycles. The van der Waals surface area contributed by atoms with E-state index in [0.717, 1.165) is 27.1 Å². The van der Waals surface area contributed by atoms with Crippen LogP contribution in [0.4, 0.5) is 0 Å². The molecule has 1 nitrogen and oxygen atoms in total. The Morgan fingerprint density at radius 3 is 2.04 bits per heavy atom. The summed E-state index contributed by atoms with van der Waals surface area (Å²) >= 11 is 1.67. The molecule has 1 unspecified atom stereocenters. The van der Waals surface area contributed by atoms with Gasteiger partial charge in [-0.3, -0.25) is 4.79 Å². The van der Waals surface area contributed by atoms with Crippen LogP contribution in [0.1, 0.15) is 43.8 Å². The van der Waals surface area contributed by atoms with Gasteiger partial charge in [0, 0.05) is 21.9 Å². The van der Waals surface area contributed by atoms with Gasteiger partial charge in [0.15, 0.2) is 5.78 Å². The van der Waals surface area contributed by atoms with E-state index in [2.05, 4.69) is 12.0 Å². The minimum atomic E-state index is -0.0644. The lowest BCUT2D eigenvalue weighted by Crippen LogP contribution is -2.23. The summed E-state index contributed by atoms with van der Waals surface area (Å²) in [6, 6.07) is 19.8. The molecule has 0 aliphatic heterocycles. The maximum Gasteiger partial charge on any atom is 0.193 e. The van der Waals surface area contributed by atoms with Crippen LogP contribution in [0.3, 0.4) is 0 Å². The molecule has 110 valence electrons. The Hall–Kier alpha value is -2.63. The third kappa shape index (κ3) is 2.13. The molecule has 0 fully saturated rings. The lowest BCUT2D eigenvalue weighted by Gasteiger charge is -2.31. The second-order valence-corrected chi connectivity index (χ2v) is 6.62. The van der Waals surface area contributed by atoms with Gasteiger partial charge in [-0.1, -0.05) is 60.5 Å². The summed E-state index contributed by atoms with van der Waals surface area (Å²) in [6.07, 6.45) is 5.92. The Kier molecular flexibility index (Phi) is 3.37. The zero-order valence-electron chi connectivity index (χ0n) is 12.4. The summed E-state index contributed by atoms with van der Waals surface area (Å²) in [5.41, 5.74) is 3.61. The van der Waals surface area contributed by atoms with Gasteiger partial charge in [-0.05, 0) is 22.6 Å². The van der Waals surface area contributed by atoms with Crippen LogP contribution in [0.2, 0.25) is 0 Å². The quantitative estimate of drug-likeness (QED) is 0.619. The fourth-order valence-electron chi connectivity index (χ4n) is 3.43. The molecule has 1 aromatic heterocycles. The van der Waals surface area contributed by atoms with Crippen molar-refractivity contribution in [1.82, 2.24) is 0 Å². The molecule has 0 spiro atoms. The smallest absolute Gasteiger partial charge is 0.193 e. The highest BCUT2D eigenvalue weighted by molar-refractivity contribution is 7.10. The summed E-state index contributed by atoms with van der Waals surface area (Å²) < 4.78 is 0. The number of hydrogen-bond donors (Lipinski definition) is 0. The van der Waals surface area contributed by atoms with E-state index in [-0.39, 0.29) is 17.6 Å². The van der Waals surface area contributed by atoms with Crippen molar-refractivity contribution in [2.75, 3.05) is 0 Å². The van der Waals surface area contributed by atoms with Crippen molar-refractivity contribution in [3.05, 3.63) is 93.2 Å². The first kappa shape index (κ1) is 14.0. The van der Waals surface area contributed by atoms with E-state index < -0.39 is 0 Å². The molecule has 2 heteroatoms. The van der Waals surface area contributed by atoms with Gasteiger partial charge >= 0.3 is 0 Å². The molecule has 3 aromatic rings. The Morgan fingerprint density at radius 1 is 0.913 bits per heavy atom. The van der Waals surface area contributed by atoms with Crippen molar-refractivity contribution in [3.8, 4) is 12.3 Å². The Balaban J connectivity index is 1.98. The van der Waals surface area contributed by atoms with Gasteiger partial charge < -0.3 is 0 Å². The molecule has 0 saturated heterocycles. The maximum absolute atomic E-state index is 12.8. The molecule has 0 radical (unpaired) electrons.